The number of ether oxygens (including phenoxy) is 1. The first kappa shape index (κ1) is 44.9. The summed E-state index contributed by atoms with van der Waals surface area (Å²) in [6.45, 7) is 15.1. The summed E-state index contributed by atoms with van der Waals surface area (Å²) in [4.78, 5) is 28.6. The minimum atomic E-state index is -4.53. The van der Waals surface area contributed by atoms with E-state index in [1.54, 1.807) is 0 Å². The second kappa shape index (κ2) is 15.4. The van der Waals surface area contributed by atoms with Crippen LogP contribution in [0.2, 0.25) is 0 Å². The molecular weight excluding hydrogens is 828 g/mol. The second-order valence-electron chi connectivity index (χ2n) is 21.6. The third-order valence-electron chi connectivity index (χ3n) is 18.7. The fraction of sp³-hybridized carbons (Fsp3) is 0.673. The number of hydrazine groups is 1. The van der Waals surface area contributed by atoms with Gasteiger partial charge in [-0.05, 0) is 138 Å². The molecule has 2 aliphatic heterocycles. The molecule has 1 amide bonds. The molecule has 7 aliphatic rings. The number of nitrogens with zero attached hydrogens (tertiary/aromatic N) is 1. The van der Waals surface area contributed by atoms with Gasteiger partial charge in [-0.1, -0.05) is 65.0 Å². The van der Waals surface area contributed by atoms with Crippen LogP contribution in [0.1, 0.15) is 124 Å². The van der Waals surface area contributed by atoms with Crippen molar-refractivity contribution in [3.8, 4) is 0 Å². The number of hydrogen-bond donors (Lipinski definition) is 4. The standard InChI is InChI=1S/C49H66F3N5O5S/c1-43(2)35(31-7-9-33(10-8-31)42(59)62-6)17-20-44(3)38(43)19-21-46(5)39(44)16-15-36-40-37(54-41(58)32-11-13-34(14-12-32)48(55-56-48)49(50,51)52)18-22-47(40,24-23-45(36,46)4)53-25-26-57-27-29-63(60,61)30-28-57/h7-14,17,36-40,53,55-56H,15-16,18-30H2,1-6H3,(H,54,58)/t36-,37-,38+,39-,40+,44+,45-,46-,47+/m1/s1. The summed E-state index contributed by atoms with van der Waals surface area (Å²) in [6, 6.07) is 13.5. The number of halogens is 3. The van der Waals surface area contributed by atoms with Gasteiger partial charge in [0.25, 0.3) is 5.91 Å². The van der Waals surface area contributed by atoms with Gasteiger partial charge < -0.3 is 20.3 Å². The summed E-state index contributed by atoms with van der Waals surface area (Å²) in [5.74, 6) is 1.26. The molecule has 2 aromatic rings. The van der Waals surface area contributed by atoms with E-state index in [-0.39, 0.29) is 68.1 Å². The molecule has 14 heteroatoms. The van der Waals surface area contributed by atoms with Gasteiger partial charge >= 0.3 is 12.1 Å². The van der Waals surface area contributed by atoms with Crippen LogP contribution in [0, 0.1) is 45.3 Å². The van der Waals surface area contributed by atoms with Gasteiger partial charge in [-0.3, -0.25) is 4.79 Å². The highest BCUT2D eigenvalue weighted by Gasteiger charge is 2.71. The Labute approximate surface area is 371 Å². The van der Waals surface area contributed by atoms with E-state index >= 15 is 0 Å². The molecule has 0 bridgehead atoms. The number of hydrogen-bond acceptors (Lipinski definition) is 9. The lowest BCUT2D eigenvalue weighted by atomic mass is 9.33. The van der Waals surface area contributed by atoms with E-state index in [0.29, 0.717) is 42.0 Å². The van der Waals surface area contributed by atoms with Gasteiger partial charge in [0.15, 0.2) is 9.84 Å². The van der Waals surface area contributed by atoms with Crippen LogP contribution in [0.25, 0.3) is 5.57 Å². The summed E-state index contributed by atoms with van der Waals surface area (Å²) in [6.07, 6.45) is 7.16. The maximum Gasteiger partial charge on any atom is 0.426 e. The van der Waals surface area contributed by atoms with Crippen LogP contribution in [0.5, 0.6) is 0 Å². The lowest BCUT2D eigenvalue weighted by molar-refractivity contribution is -0.218. The first-order valence-corrected chi connectivity index (χ1v) is 25.0. The van der Waals surface area contributed by atoms with Gasteiger partial charge in [0, 0.05) is 49.2 Å². The van der Waals surface area contributed by atoms with Crippen molar-refractivity contribution < 1.29 is 35.9 Å². The van der Waals surface area contributed by atoms with Crippen molar-refractivity contribution in [1.82, 2.24) is 26.4 Å². The number of benzene rings is 2. The van der Waals surface area contributed by atoms with E-state index in [0.717, 1.165) is 76.4 Å². The average Bonchev–Trinajstić information content (AvgIpc) is 4.00. The second-order valence-corrected chi connectivity index (χ2v) is 23.9. The van der Waals surface area contributed by atoms with Gasteiger partial charge in [-0.25, -0.2) is 24.1 Å². The zero-order valence-corrected chi connectivity index (χ0v) is 38.5. The van der Waals surface area contributed by atoms with Gasteiger partial charge in [-0.2, -0.15) is 13.2 Å². The van der Waals surface area contributed by atoms with Crippen molar-refractivity contribution in [2.75, 3.05) is 44.8 Å². The Hall–Kier alpha value is -3.30. The molecule has 4 N–H and O–H groups in total. The fourth-order valence-corrected chi connectivity index (χ4v) is 16.4. The molecule has 6 fully saturated rings. The smallest absolute Gasteiger partial charge is 0.426 e. The Bertz CT molecular complexity index is 2250. The molecule has 9 atom stereocenters. The highest BCUT2D eigenvalue weighted by Crippen LogP contribution is 2.76. The number of fused-ring (bicyclic) bond motifs is 7. The van der Waals surface area contributed by atoms with E-state index in [4.69, 9.17) is 4.74 Å². The van der Waals surface area contributed by atoms with Crippen LogP contribution in [0.4, 0.5) is 13.2 Å². The molecule has 5 aliphatic carbocycles. The number of carbonyl (C=O) groups excluding carboxylic acids is 2. The lowest BCUT2D eigenvalue weighted by Crippen LogP contribution is -2.69. The highest BCUT2D eigenvalue weighted by atomic mass is 32.2. The molecule has 0 radical (unpaired) electrons. The topological polar surface area (TPSA) is 149 Å². The van der Waals surface area contributed by atoms with Gasteiger partial charge in [0.2, 0.25) is 5.66 Å². The predicted octanol–water partition coefficient (Wildman–Crippen LogP) is 7.63. The number of rotatable bonds is 9. The van der Waals surface area contributed by atoms with Gasteiger partial charge in [-0.15, -0.1) is 0 Å². The molecule has 4 saturated carbocycles. The SMILES string of the molecule is COC(=O)c1ccc(C2=CC[C@]3(C)[C@H]4CC[C@@H]5[C@H]6[C@H](NC(=O)c7ccc(C8(C(F)(F)F)NN8)cc7)CC[C@]6(NCCN6CCS(=O)(=O)CC6)CC[C@@]5(C)[C@]4(C)CC[C@H]3C2(C)C)cc1. The zero-order valence-electron chi connectivity index (χ0n) is 37.7. The number of sulfone groups is 1. The molecule has 9 rings (SSSR count). The number of amides is 1. The molecular formula is C49H66F3N5O5S. The quantitative estimate of drug-likeness (QED) is 0.147. The van der Waals surface area contributed by atoms with Crippen LogP contribution in [-0.4, -0.2) is 87.7 Å². The summed E-state index contributed by atoms with van der Waals surface area (Å²) < 4.78 is 70.8. The Balaban J connectivity index is 0.988. The third-order valence-corrected chi connectivity index (χ3v) is 20.3. The zero-order chi connectivity index (χ0) is 45.0. The van der Waals surface area contributed by atoms with E-state index < -0.39 is 21.7 Å². The Morgan fingerprint density at radius 3 is 2.13 bits per heavy atom. The van der Waals surface area contributed by atoms with Crippen molar-refractivity contribution in [3.05, 3.63) is 76.9 Å². The number of methoxy groups -OCH3 is 1. The molecule has 0 aromatic heterocycles. The van der Waals surface area contributed by atoms with Crippen LogP contribution in [0.3, 0.4) is 0 Å². The van der Waals surface area contributed by atoms with Crippen LogP contribution >= 0.6 is 0 Å². The summed E-state index contributed by atoms with van der Waals surface area (Å²) >= 11 is 0. The van der Waals surface area contributed by atoms with E-state index in [1.165, 1.54) is 36.9 Å². The molecule has 63 heavy (non-hydrogen) atoms. The van der Waals surface area contributed by atoms with Gasteiger partial charge in [0.05, 0.1) is 24.2 Å². The van der Waals surface area contributed by atoms with E-state index in [2.05, 4.69) is 79.2 Å². The maximum atomic E-state index is 14.1. The third kappa shape index (κ3) is 7.13. The first-order chi connectivity index (χ1) is 29.6. The largest absolute Gasteiger partial charge is 0.465 e. The fourth-order valence-electron chi connectivity index (χ4n) is 15.1. The first-order valence-electron chi connectivity index (χ1n) is 23.2. The van der Waals surface area contributed by atoms with Crippen molar-refractivity contribution in [2.45, 2.75) is 116 Å². The Morgan fingerprint density at radius 2 is 1.49 bits per heavy atom. The molecule has 0 spiro atoms. The van der Waals surface area contributed by atoms with Crippen molar-refractivity contribution in [2.24, 2.45) is 45.3 Å². The summed E-state index contributed by atoms with van der Waals surface area (Å²) in [5.41, 5.74) is 5.49. The van der Waals surface area contributed by atoms with Crippen LogP contribution < -0.4 is 21.5 Å². The molecule has 0 unspecified atom stereocenters. The van der Waals surface area contributed by atoms with Crippen LogP contribution in [-0.2, 0) is 20.2 Å². The lowest BCUT2D eigenvalue weighted by Gasteiger charge is -2.72. The minimum Gasteiger partial charge on any atom is -0.465 e. The predicted molar refractivity (Wildman–Crippen MR) is 237 cm³/mol. The van der Waals surface area contributed by atoms with E-state index in [9.17, 15) is 31.2 Å². The van der Waals surface area contributed by atoms with E-state index in [1.807, 2.05) is 12.1 Å². The minimum absolute atomic E-state index is 0.00394. The van der Waals surface area contributed by atoms with Crippen molar-refractivity contribution in [3.63, 3.8) is 0 Å². The van der Waals surface area contributed by atoms with Gasteiger partial charge in [0.1, 0.15) is 0 Å². The Kier molecular flexibility index (Phi) is 11.0. The summed E-state index contributed by atoms with van der Waals surface area (Å²) in [5, 5.41) is 7.55. The number of allylic oxidation sites excluding steroid dienone is 2. The number of carbonyl (C=O) groups is 2. The number of alkyl halides is 3. The monoisotopic (exact) mass is 893 g/mol. The molecule has 2 saturated heterocycles. The maximum absolute atomic E-state index is 14.1. The van der Waals surface area contributed by atoms with Crippen molar-refractivity contribution >= 4 is 27.3 Å². The Morgan fingerprint density at radius 1 is 0.825 bits per heavy atom. The average molecular weight is 894 g/mol. The van der Waals surface area contributed by atoms with Crippen molar-refractivity contribution in [1.29, 1.82) is 0 Å². The van der Waals surface area contributed by atoms with Crippen LogP contribution in [0.15, 0.2) is 54.6 Å². The number of nitrogens with one attached hydrogen (secondary N) is 4. The summed E-state index contributed by atoms with van der Waals surface area (Å²) in [7, 11) is -1.58. The molecule has 2 heterocycles. The number of esters is 1. The highest BCUT2D eigenvalue weighted by molar-refractivity contribution is 7.91. The normalized spacial score (nSPS) is 37.6. The molecule has 10 nitrogen and oxygen atoms in total. The molecule has 2 aromatic carbocycles. The molecule has 344 valence electrons.